The van der Waals surface area contributed by atoms with E-state index in [9.17, 15) is 9.59 Å². The van der Waals surface area contributed by atoms with Gasteiger partial charge in [-0.05, 0) is 63.1 Å². The van der Waals surface area contributed by atoms with E-state index in [-0.39, 0.29) is 41.2 Å². The van der Waals surface area contributed by atoms with E-state index in [0.29, 0.717) is 12.4 Å². The van der Waals surface area contributed by atoms with Gasteiger partial charge in [-0.3, -0.25) is 9.69 Å². The highest BCUT2D eigenvalue weighted by molar-refractivity contribution is 6.37. The number of aryl methyl sites for hydroxylation is 1. The number of esters is 1. The number of anilines is 1. The second-order valence-corrected chi connectivity index (χ2v) is 7.30. The lowest BCUT2D eigenvalue weighted by atomic mass is 10.1. The van der Waals surface area contributed by atoms with Gasteiger partial charge in [0, 0.05) is 0 Å². The van der Waals surface area contributed by atoms with E-state index < -0.39 is 12.1 Å². The molecule has 32 heavy (non-hydrogen) atoms. The molecule has 0 saturated carbocycles. The molecular formula is C23H27Cl2NO6. The fourth-order valence-corrected chi connectivity index (χ4v) is 3.46. The third kappa shape index (κ3) is 6.68. The number of benzene rings is 2. The van der Waals surface area contributed by atoms with Crippen LogP contribution >= 0.6 is 23.2 Å². The third-order valence-corrected chi connectivity index (χ3v) is 4.87. The number of halogens is 2. The van der Waals surface area contributed by atoms with Gasteiger partial charge in [0.15, 0.2) is 5.75 Å². The van der Waals surface area contributed by atoms with Crippen molar-refractivity contribution in [3.05, 3.63) is 45.9 Å². The first-order valence-corrected chi connectivity index (χ1v) is 11.1. The van der Waals surface area contributed by atoms with Crippen LogP contribution in [0, 0.1) is 0 Å². The van der Waals surface area contributed by atoms with E-state index in [2.05, 4.69) is 0 Å². The molecule has 0 N–H and O–H groups in total. The molecule has 7 nitrogen and oxygen atoms in total. The van der Waals surface area contributed by atoms with E-state index in [0.717, 1.165) is 22.6 Å². The molecule has 2 rings (SSSR count). The van der Waals surface area contributed by atoms with Gasteiger partial charge in [-0.15, -0.1) is 0 Å². The van der Waals surface area contributed by atoms with Gasteiger partial charge in [-0.25, -0.2) is 4.79 Å². The van der Waals surface area contributed by atoms with Crippen molar-refractivity contribution in [3.63, 3.8) is 0 Å². The summed E-state index contributed by atoms with van der Waals surface area (Å²) < 4.78 is 21.5. The normalized spacial score (nSPS) is 10.4. The maximum Gasteiger partial charge on any atom is 0.414 e. The Labute approximate surface area is 198 Å². The molecule has 2 aromatic rings. The maximum absolute atomic E-state index is 12.4. The van der Waals surface area contributed by atoms with Gasteiger partial charge in [-0.2, -0.15) is 0 Å². The van der Waals surface area contributed by atoms with Crippen molar-refractivity contribution in [2.24, 2.45) is 0 Å². The van der Waals surface area contributed by atoms with Crippen LogP contribution in [-0.2, 0) is 20.7 Å². The van der Waals surface area contributed by atoms with Crippen LogP contribution in [0.15, 0.2) is 30.3 Å². The molecule has 2 aromatic carbocycles. The van der Waals surface area contributed by atoms with E-state index in [1.165, 1.54) is 12.1 Å². The summed E-state index contributed by atoms with van der Waals surface area (Å²) >= 11 is 12.9. The van der Waals surface area contributed by atoms with E-state index in [1.54, 1.807) is 19.9 Å². The molecule has 0 unspecified atom stereocenters. The molecule has 0 aliphatic rings. The highest BCUT2D eigenvalue weighted by Gasteiger charge is 2.24. The van der Waals surface area contributed by atoms with Crippen LogP contribution < -0.4 is 14.4 Å². The van der Waals surface area contributed by atoms with Gasteiger partial charge in [0.2, 0.25) is 0 Å². The van der Waals surface area contributed by atoms with Crippen molar-refractivity contribution < 1.29 is 28.5 Å². The number of hydrogen-bond donors (Lipinski definition) is 0. The van der Waals surface area contributed by atoms with Crippen molar-refractivity contribution in [1.82, 2.24) is 0 Å². The van der Waals surface area contributed by atoms with E-state index in [1.807, 2.05) is 26.0 Å². The summed E-state index contributed by atoms with van der Waals surface area (Å²) in [5.41, 5.74) is 1.26. The average Bonchev–Trinajstić information content (AvgIpc) is 2.75. The largest absolute Gasteiger partial charge is 0.494 e. The molecule has 0 bridgehead atoms. The molecule has 0 radical (unpaired) electrons. The Morgan fingerprint density at radius 2 is 1.56 bits per heavy atom. The number of hydrogen-bond acceptors (Lipinski definition) is 6. The SMILES string of the molecule is CCOC(=O)CN(C(=O)OCC)c1cc(Cl)c(Oc2ccc(OCC)c(CC)c2)c(Cl)c1. The van der Waals surface area contributed by atoms with Crippen LogP contribution in [0.25, 0.3) is 0 Å². The lowest BCUT2D eigenvalue weighted by Gasteiger charge is -2.22. The highest BCUT2D eigenvalue weighted by Crippen LogP contribution is 2.40. The van der Waals surface area contributed by atoms with Crippen molar-refractivity contribution in [2.45, 2.75) is 34.1 Å². The van der Waals surface area contributed by atoms with Gasteiger partial charge < -0.3 is 18.9 Å². The number of carbonyl (C=O) groups excluding carboxylic acids is 2. The minimum Gasteiger partial charge on any atom is -0.494 e. The van der Waals surface area contributed by atoms with Crippen LogP contribution in [0.4, 0.5) is 10.5 Å². The fourth-order valence-electron chi connectivity index (χ4n) is 2.91. The second kappa shape index (κ2) is 12.4. The van der Waals surface area contributed by atoms with Crippen LogP contribution in [0.3, 0.4) is 0 Å². The number of ether oxygens (including phenoxy) is 4. The molecule has 0 aliphatic carbocycles. The van der Waals surface area contributed by atoms with Crippen LogP contribution in [0.2, 0.25) is 10.0 Å². The Balaban J connectivity index is 2.35. The summed E-state index contributed by atoms with van der Waals surface area (Å²) in [7, 11) is 0. The lowest BCUT2D eigenvalue weighted by molar-refractivity contribution is -0.141. The molecule has 0 spiro atoms. The molecular weight excluding hydrogens is 457 g/mol. The molecule has 9 heteroatoms. The summed E-state index contributed by atoms with van der Waals surface area (Å²) in [5, 5.41) is 0.329. The monoisotopic (exact) mass is 483 g/mol. The Kier molecular flexibility index (Phi) is 9.94. The first-order valence-electron chi connectivity index (χ1n) is 10.4. The zero-order chi connectivity index (χ0) is 23.7. The van der Waals surface area contributed by atoms with Crippen LogP contribution in [0.5, 0.6) is 17.2 Å². The van der Waals surface area contributed by atoms with Crippen LogP contribution in [-0.4, -0.2) is 38.4 Å². The van der Waals surface area contributed by atoms with Crippen molar-refractivity contribution in [3.8, 4) is 17.2 Å². The van der Waals surface area contributed by atoms with E-state index >= 15 is 0 Å². The minimum absolute atomic E-state index is 0.137. The molecule has 0 aromatic heterocycles. The topological polar surface area (TPSA) is 74.3 Å². The molecule has 0 atom stereocenters. The highest BCUT2D eigenvalue weighted by atomic mass is 35.5. The summed E-state index contributed by atoms with van der Waals surface area (Å²) in [5.74, 6) is 0.965. The van der Waals surface area contributed by atoms with Crippen molar-refractivity contribution in [2.75, 3.05) is 31.3 Å². The number of amides is 1. The Hall–Kier alpha value is -2.64. The Bertz CT molecular complexity index is 927. The van der Waals surface area contributed by atoms with E-state index in [4.69, 9.17) is 42.1 Å². The fraction of sp³-hybridized carbons (Fsp3) is 0.391. The van der Waals surface area contributed by atoms with Gasteiger partial charge in [-0.1, -0.05) is 30.1 Å². The van der Waals surface area contributed by atoms with Gasteiger partial charge >= 0.3 is 12.1 Å². The Morgan fingerprint density at radius 1 is 0.906 bits per heavy atom. The zero-order valence-corrected chi connectivity index (χ0v) is 20.1. The molecule has 0 saturated heterocycles. The molecule has 1 amide bonds. The van der Waals surface area contributed by atoms with Gasteiger partial charge in [0.05, 0.1) is 35.6 Å². The number of rotatable bonds is 10. The standard InChI is InChI=1S/C23H27Cl2NO6/c1-5-15-11-17(9-10-20(15)29-6-2)32-22-18(24)12-16(13-19(22)25)26(23(28)31-8-4)14-21(27)30-7-3/h9-13H,5-8,14H2,1-4H3. The summed E-state index contributed by atoms with van der Waals surface area (Å²) in [6.07, 6.45) is 0.0374. The first kappa shape index (κ1) is 25.6. The average molecular weight is 484 g/mol. The number of nitrogens with zero attached hydrogens (tertiary/aromatic N) is 1. The molecule has 0 aliphatic heterocycles. The Morgan fingerprint density at radius 3 is 2.12 bits per heavy atom. The molecule has 0 fully saturated rings. The first-order chi connectivity index (χ1) is 15.3. The van der Waals surface area contributed by atoms with Crippen molar-refractivity contribution in [1.29, 1.82) is 0 Å². The smallest absolute Gasteiger partial charge is 0.414 e. The number of carbonyl (C=O) groups is 2. The van der Waals surface area contributed by atoms with Gasteiger partial charge in [0.25, 0.3) is 0 Å². The van der Waals surface area contributed by atoms with Crippen LogP contribution in [0.1, 0.15) is 33.3 Å². The quantitative estimate of drug-likeness (QED) is 0.370. The predicted octanol–water partition coefficient (Wildman–Crippen LogP) is 6.27. The summed E-state index contributed by atoms with van der Waals surface area (Å²) in [6, 6.07) is 8.41. The minimum atomic E-state index is -0.722. The predicted molar refractivity (Wildman–Crippen MR) is 125 cm³/mol. The molecule has 174 valence electrons. The van der Waals surface area contributed by atoms with Gasteiger partial charge in [0.1, 0.15) is 18.0 Å². The van der Waals surface area contributed by atoms with Crippen molar-refractivity contribution >= 4 is 41.0 Å². The second-order valence-electron chi connectivity index (χ2n) is 6.49. The summed E-state index contributed by atoms with van der Waals surface area (Å²) in [6.45, 7) is 7.82. The summed E-state index contributed by atoms with van der Waals surface area (Å²) in [4.78, 5) is 25.5. The third-order valence-electron chi connectivity index (χ3n) is 4.31. The lowest BCUT2D eigenvalue weighted by Crippen LogP contribution is -2.37. The maximum atomic E-state index is 12.4. The molecule has 0 heterocycles. The zero-order valence-electron chi connectivity index (χ0n) is 18.6.